The first-order valence-electron chi connectivity index (χ1n) is 31.9. The predicted octanol–water partition coefficient (Wildman–Crippen LogP) is 22.8. The third kappa shape index (κ3) is 7.90. The molecule has 0 radical (unpaired) electrons. The number of hydrogen-bond acceptors (Lipinski definition) is 5. The van der Waals surface area contributed by atoms with Crippen molar-refractivity contribution in [2.75, 3.05) is 0 Å². The molecule has 0 aliphatic carbocycles. The lowest BCUT2D eigenvalue weighted by molar-refractivity contribution is 1.10. The first kappa shape index (κ1) is 52.4. The molecule has 15 aromatic carbocycles. The molecule has 6 heterocycles. The summed E-state index contributed by atoms with van der Waals surface area (Å²) in [5.74, 6) is 0.930. The number of aromatic nitrogens is 7. The highest BCUT2D eigenvalue weighted by atomic mass is 32.1. The molecule has 0 unspecified atom stereocenters. The zero-order valence-electron chi connectivity index (χ0n) is 50.5. The molecule has 0 amide bonds. The minimum atomic E-state index is 0.930. The van der Waals surface area contributed by atoms with Gasteiger partial charge in [0.25, 0.3) is 0 Å². The van der Waals surface area contributed by atoms with Gasteiger partial charge in [0.2, 0.25) is 0 Å². The molecular weight excluding hydrogens is 1160 g/mol. The van der Waals surface area contributed by atoms with E-state index in [1.165, 1.54) is 80.5 Å². The van der Waals surface area contributed by atoms with E-state index in [-0.39, 0.29) is 0 Å². The van der Waals surface area contributed by atoms with Gasteiger partial charge in [-0.2, -0.15) is 0 Å². The van der Waals surface area contributed by atoms with E-state index in [0.717, 1.165) is 110 Å². The van der Waals surface area contributed by atoms with E-state index in [1.54, 1.807) is 11.3 Å². The number of rotatable bonds is 5. The molecule has 436 valence electrons. The van der Waals surface area contributed by atoms with Gasteiger partial charge in [-0.25, -0.2) is 19.9 Å². The maximum absolute atomic E-state index is 5.42. The molecule has 0 aliphatic heterocycles. The molecule has 94 heavy (non-hydrogen) atoms. The average molecular weight is 1210 g/mol. The van der Waals surface area contributed by atoms with Gasteiger partial charge in [-0.1, -0.05) is 261 Å². The lowest BCUT2D eigenvalue weighted by Gasteiger charge is -2.13. The summed E-state index contributed by atoms with van der Waals surface area (Å²) in [5, 5.41) is 18.0. The number of pyridine rings is 2. The Hall–Kier alpha value is -12.4. The van der Waals surface area contributed by atoms with E-state index < -0.39 is 0 Å². The van der Waals surface area contributed by atoms with Gasteiger partial charge in [0.15, 0.2) is 0 Å². The van der Waals surface area contributed by atoms with Crippen LogP contribution in [0, 0.1) is 0 Å². The predicted molar refractivity (Wildman–Crippen MR) is 395 cm³/mol. The summed E-state index contributed by atoms with van der Waals surface area (Å²) in [6, 6.07) is 111. The van der Waals surface area contributed by atoms with Gasteiger partial charge in [0, 0.05) is 59.9 Å². The number of nitrogens with zero attached hydrogens (tertiary/aromatic N) is 7. The summed E-state index contributed by atoms with van der Waals surface area (Å²) in [5.41, 5.74) is 19.8. The molecule has 0 saturated heterocycles. The molecule has 0 N–H and O–H groups in total. The minimum absolute atomic E-state index is 0.930. The largest absolute Gasteiger partial charge is 0.292 e. The maximum Gasteiger partial charge on any atom is 0.146 e. The Bertz CT molecular complexity index is 6680. The monoisotopic (exact) mass is 1210 g/mol. The zero-order valence-corrected chi connectivity index (χ0v) is 51.3. The van der Waals surface area contributed by atoms with E-state index in [0.29, 0.717) is 0 Å². The van der Waals surface area contributed by atoms with Crippen LogP contribution in [0.3, 0.4) is 0 Å². The average Bonchev–Trinajstić information content (AvgIpc) is 1.52. The van der Waals surface area contributed by atoms with Crippen LogP contribution in [0.2, 0.25) is 0 Å². The van der Waals surface area contributed by atoms with Gasteiger partial charge in [-0.3, -0.25) is 13.4 Å². The van der Waals surface area contributed by atoms with Gasteiger partial charge in [0.05, 0.1) is 54.4 Å². The van der Waals surface area contributed by atoms with E-state index in [4.69, 9.17) is 19.9 Å². The van der Waals surface area contributed by atoms with Gasteiger partial charge >= 0.3 is 0 Å². The molecule has 6 aromatic heterocycles. The fraction of sp³-hybridized carbons (Fsp3) is 0. The Labute approximate surface area is 541 Å². The van der Waals surface area contributed by atoms with Crippen molar-refractivity contribution >= 4 is 152 Å². The molecule has 0 bridgehead atoms. The highest BCUT2D eigenvalue weighted by Crippen LogP contribution is 2.44. The first-order chi connectivity index (χ1) is 46.6. The van der Waals surface area contributed by atoms with Crippen LogP contribution in [-0.4, -0.2) is 33.3 Å². The van der Waals surface area contributed by atoms with Crippen molar-refractivity contribution in [2.24, 2.45) is 0 Å². The highest BCUT2D eigenvalue weighted by molar-refractivity contribution is 7.21. The fourth-order valence-electron chi connectivity index (χ4n) is 15.0. The molecule has 0 saturated carbocycles. The second-order valence-electron chi connectivity index (χ2n) is 24.4. The van der Waals surface area contributed by atoms with Gasteiger partial charge in [0.1, 0.15) is 22.1 Å². The Morgan fingerprint density at radius 1 is 0.245 bits per heavy atom. The van der Waals surface area contributed by atoms with Crippen molar-refractivity contribution in [3.63, 3.8) is 0 Å². The number of imidazole rings is 3. The van der Waals surface area contributed by atoms with Gasteiger partial charge in [-0.05, 0) is 103 Å². The molecule has 0 spiro atoms. The van der Waals surface area contributed by atoms with Crippen LogP contribution in [0.25, 0.3) is 191 Å². The van der Waals surface area contributed by atoms with Gasteiger partial charge in [-0.15, -0.1) is 11.3 Å². The molecule has 0 fully saturated rings. The van der Waals surface area contributed by atoms with Crippen LogP contribution in [-0.2, 0) is 0 Å². The van der Waals surface area contributed by atoms with E-state index >= 15 is 0 Å². The highest BCUT2D eigenvalue weighted by Gasteiger charge is 2.23. The van der Waals surface area contributed by atoms with Crippen LogP contribution in [0.5, 0.6) is 0 Å². The van der Waals surface area contributed by atoms with Crippen molar-refractivity contribution in [3.8, 4) is 49.9 Å². The van der Waals surface area contributed by atoms with Crippen LogP contribution >= 0.6 is 11.3 Å². The Morgan fingerprint density at radius 2 is 0.628 bits per heavy atom. The van der Waals surface area contributed by atoms with Crippen LogP contribution in [0.15, 0.2) is 309 Å². The third-order valence-corrected chi connectivity index (χ3v) is 20.4. The molecule has 21 rings (SSSR count). The van der Waals surface area contributed by atoms with E-state index in [2.05, 4.69) is 311 Å². The summed E-state index contributed by atoms with van der Waals surface area (Å²) in [7, 11) is 0. The first-order valence-corrected chi connectivity index (χ1v) is 32.7. The second-order valence-corrected chi connectivity index (χ2v) is 25.4. The Kier molecular flexibility index (Phi) is 11.5. The maximum atomic E-state index is 5.42. The quantitative estimate of drug-likeness (QED) is 0.161. The normalized spacial score (nSPS) is 12.0. The Morgan fingerprint density at radius 3 is 1.14 bits per heavy atom. The van der Waals surface area contributed by atoms with Crippen molar-refractivity contribution in [1.82, 2.24) is 33.3 Å². The van der Waals surface area contributed by atoms with Crippen LogP contribution in [0.4, 0.5) is 0 Å². The fourth-order valence-corrected chi connectivity index (χ4v) is 16.0. The number of thiazole rings is 1. The second kappa shape index (κ2) is 20.6. The number of hydrogen-bond donors (Lipinski definition) is 0. The molecule has 0 aliphatic rings. The van der Waals surface area contributed by atoms with E-state index in [9.17, 15) is 0 Å². The molecule has 21 aromatic rings. The van der Waals surface area contributed by atoms with E-state index in [1.807, 2.05) is 12.1 Å². The molecule has 8 heteroatoms. The summed E-state index contributed by atoms with van der Waals surface area (Å²) in [6.45, 7) is 0. The number of para-hydroxylation sites is 4. The summed E-state index contributed by atoms with van der Waals surface area (Å²) < 4.78 is 8.27. The minimum Gasteiger partial charge on any atom is -0.292 e. The summed E-state index contributed by atoms with van der Waals surface area (Å²) >= 11 is 1.74. The summed E-state index contributed by atoms with van der Waals surface area (Å²) in [6.07, 6.45) is 0. The van der Waals surface area contributed by atoms with Crippen LogP contribution < -0.4 is 0 Å². The van der Waals surface area contributed by atoms with Crippen molar-refractivity contribution in [2.45, 2.75) is 0 Å². The SMILES string of the molecule is c1ccc(-n2c(-c3ccc(-c4ccc5c6ccccc6c6nc7c8ccccc8c8ccccc8c7n6c5c4)cc3)nc3ccccc32)cc1.c1ccc2sc(-c3ccc(-c4ccc5c6ccccc6c6nc7c8ccccc8c8ccccc8c7n6c5c4)cc3)nc2c1. The topological polar surface area (TPSA) is 65.3 Å². The Balaban J connectivity index is 0.000000130. The smallest absolute Gasteiger partial charge is 0.146 e. The lowest BCUT2D eigenvalue weighted by atomic mass is 9.98. The number of benzene rings is 15. The zero-order chi connectivity index (χ0) is 61.5. The van der Waals surface area contributed by atoms with Gasteiger partial charge < -0.3 is 0 Å². The molecule has 7 nitrogen and oxygen atoms in total. The standard InChI is InChI=1S/C46H28N4.C40H23N3S/c1-2-12-32(13-3-1)49-41-21-11-10-20-40(41)47-45(49)30-24-22-29(23-25-30)31-26-27-36-35-16-6-9-19-39(35)46-48-43-37-17-7-4-14-33(37)34-15-5-8-18-38(34)44(43)50(46)42(36)28-31;1-4-12-31-27(9-1)28-10-2-5-13-32(28)38-37(31)42-39-33-14-6-3-11-29(33)30-22-21-26(23-35(30)43(38)39)24-17-19-25(20-18-24)40-41-34-15-7-8-16-36(34)44-40/h1-28H;1-23H. The van der Waals surface area contributed by atoms with Crippen molar-refractivity contribution < 1.29 is 0 Å². The number of fused-ring (bicyclic) bond motifs is 28. The molecule has 0 atom stereocenters. The van der Waals surface area contributed by atoms with Crippen LogP contribution in [0.1, 0.15) is 0 Å². The summed E-state index contributed by atoms with van der Waals surface area (Å²) in [4.78, 5) is 20.8. The van der Waals surface area contributed by atoms with Crippen molar-refractivity contribution in [3.05, 3.63) is 309 Å². The molecular formula is C86H51N7S. The lowest BCUT2D eigenvalue weighted by Crippen LogP contribution is -1.97. The van der Waals surface area contributed by atoms with Crippen molar-refractivity contribution in [1.29, 1.82) is 0 Å². The third-order valence-electron chi connectivity index (χ3n) is 19.3.